The Morgan fingerprint density at radius 2 is 1.53 bits per heavy atom. The van der Waals surface area contributed by atoms with Gasteiger partial charge in [-0.1, -0.05) is 33.1 Å². The zero-order valence-corrected chi connectivity index (χ0v) is 14.2. The molecule has 0 saturated heterocycles. The maximum atomic E-state index is 12.5. The third-order valence-corrected chi connectivity index (χ3v) is 4.52. The van der Waals surface area contributed by atoms with Gasteiger partial charge in [-0.2, -0.15) is 0 Å². The minimum Gasteiger partial charge on any atom is -0.287 e. The van der Waals surface area contributed by atoms with E-state index in [0.717, 1.165) is 12.8 Å². The molecule has 0 N–H and O–H groups in total. The zero-order valence-electron chi connectivity index (χ0n) is 13.3. The van der Waals surface area contributed by atoms with Crippen molar-refractivity contribution in [3.63, 3.8) is 0 Å². The first-order valence-corrected chi connectivity index (χ1v) is 8.90. The molecule has 0 rings (SSSR count). The lowest BCUT2D eigenvalue weighted by Crippen LogP contribution is -2.14. The van der Waals surface area contributed by atoms with Crippen molar-refractivity contribution in [2.45, 2.75) is 79.4 Å². The second-order valence-electron chi connectivity index (χ2n) is 5.47. The molecule has 1 unspecified atom stereocenters. The molecule has 0 spiro atoms. The van der Waals surface area contributed by atoms with E-state index in [4.69, 9.17) is 13.6 Å². The van der Waals surface area contributed by atoms with Gasteiger partial charge in [0.05, 0.1) is 18.8 Å². The van der Waals surface area contributed by atoms with Gasteiger partial charge in [0.25, 0.3) is 0 Å². The van der Waals surface area contributed by atoms with Gasteiger partial charge >= 0.3 is 7.82 Å². The number of phosphoric acid groups is 1. The van der Waals surface area contributed by atoms with Gasteiger partial charge in [0, 0.05) is 0 Å². The lowest BCUT2D eigenvalue weighted by atomic mass is 10.0. The van der Waals surface area contributed by atoms with Crippen LogP contribution in [0.4, 0.5) is 0 Å². The van der Waals surface area contributed by atoms with E-state index >= 15 is 0 Å². The topological polar surface area (TPSA) is 44.8 Å². The molecule has 0 aliphatic rings. The third kappa shape index (κ3) is 9.61. The van der Waals surface area contributed by atoms with Crippen molar-refractivity contribution in [3.05, 3.63) is 0 Å². The largest absolute Gasteiger partial charge is 0.475 e. The fraction of sp³-hybridized carbons (Fsp3) is 1.00. The second kappa shape index (κ2) is 9.93. The Balaban J connectivity index is 4.42. The minimum atomic E-state index is -3.43. The summed E-state index contributed by atoms with van der Waals surface area (Å²) in [4.78, 5) is 0. The van der Waals surface area contributed by atoms with Crippen molar-refractivity contribution >= 4 is 7.82 Å². The molecule has 0 amide bonds. The summed E-state index contributed by atoms with van der Waals surface area (Å²) in [5.41, 5.74) is 0. The number of hydrogen-bond donors (Lipinski definition) is 0. The predicted molar refractivity (Wildman–Crippen MR) is 79.3 cm³/mol. The first-order valence-electron chi connectivity index (χ1n) is 7.44. The van der Waals surface area contributed by atoms with Crippen LogP contribution in [0.3, 0.4) is 0 Å². The van der Waals surface area contributed by atoms with E-state index in [1.807, 2.05) is 27.7 Å². The van der Waals surface area contributed by atoms with E-state index in [0.29, 0.717) is 12.5 Å². The van der Waals surface area contributed by atoms with Gasteiger partial charge < -0.3 is 0 Å². The van der Waals surface area contributed by atoms with Crippen molar-refractivity contribution in [1.29, 1.82) is 0 Å². The first-order chi connectivity index (χ1) is 8.83. The maximum Gasteiger partial charge on any atom is 0.475 e. The molecule has 0 saturated carbocycles. The Kier molecular flexibility index (Phi) is 9.98. The van der Waals surface area contributed by atoms with Gasteiger partial charge in [-0.05, 0) is 40.0 Å². The summed E-state index contributed by atoms with van der Waals surface area (Å²) in [6.07, 6.45) is 4.08. The van der Waals surface area contributed by atoms with E-state index in [1.54, 1.807) is 0 Å². The number of phosphoric ester groups is 1. The van der Waals surface area contributed by atoms with Crippen molar-refractivity contribution < 1.29 is 18.1 Å². The summed E-state index contributed by atoms with van der Waals surface area (Å²) in [7, 11) is -3.43. The molecule has 0 aromatic heterocycles. The molecule has 0 aromatic rings. The van der Waals surface area contributed by atoms with Crippen LogP contribution in [0.15, 0.2) is 0 Å². The van der Waals surface area contributed by atoms with Crippen molar-refractivity contribution in [3.8, 4) is 0 Å². The van der Waals surface area contributed by atoms with E-state index in [-0.39, 0.29) is 12.2 Å². The first kappa shape index (κ1) is 19.1. The molecule has 0 bridgehead atoms. The van der Waals surface area contributed by atoms with Gasteiger partial charge in [-0.15, -0.1) is 0 Å². The van der Waals surface area contributed by atoms with Crippen LogP contribution in [-0.2, 0) is 18.1 Å². The van der Waals surface area contributed by atoms with E-state index < -0.39 is 7.82 Å². The van der Waals surface area contributed by atoms with Gasteiger partial charge in [-0.25, -0.2) is 4.57 Å². The monoisotopic (exact) mass is 294 g/mol. The Labute approximate surface area is 118 Å². The molecular formula is C14H31O4P. The highest BCUT2D eigenvalue weighted by atomic mass is 31.2. The van der Waals surface area contributed by atoms with Crippen LogP contribution in [-0.4, -0.2) is 18.8 Å². The Morgan fingerprint density at radius 3 is 1.89 bits per heavy atom. The molecule has 19 heavy (non-hydrogen) atoms. The molecule has 116 valence electrons. The third-order valence-electron chi connectivity index (χ3n) is 2.69. The van der Waals surface area contributed by atoms with Gasteiger partial charge in [-0.3, -0.25) is 13.6 Å². The summed E-state index contributed by atoms with van der Waals surface area (Å²) in [5, 5.41) is 0. The highest BCUT2D eigenvalue weighted by Gasteiger charge is 2.30. The minimum absolute atomic E-state index is 0.180. The van der Waals surface area contributed by atoms with Crippen LogP contribution in [0.25, 0.3) is 0 Å². The normalized spacial score (nSPS) is 14.3. The van der Waals surface area contributed by atoms with Crippen molar-refractivity contribution in [2.24, 2.45) is 5.92 Å². The summed E-state index contributed by atoms with van der Waals surface area (Å²) in [5.74, 6) is 0.416. The molecular weight excluding hydrogens is 263 g/mol. The van der Waals surface area contributed by atoms with Crippen molar-refractivity contribution in [2.75, 3.05) is 6.61 Å². The summed E-state index contributed by atoms with van der Waals surface area (Å²) < 4.78 is 28.7. The Morgan fingerprint density at radius 1 is 1.00 bits per heavy atom. The second-order valence-corrected chi connectivity index (χ2v) is 7.04. The standard InChI is InChI=1S/C14H31O4P/c1-7-9-10-14(8-2)11-16-19(15,17-12(3)4)18-13(5)6/h12-14H,7-11H2,1-6H3. The van der Waals surface area contributed by atoms with Crippen LogP contribution in [0.1, 0.15) is 67.2 Å². The summed E-state index contributed by atoms with van der Waals surface area (Å²) >= 11 is 0. The Hall–Kier alpha value is 0.110. The predicted octanol–water partition coefficient (Wildman–Crippen LogP) is 5.18. The van der Waals surface area contributed by atoms with E-state index in [1.165, 1.54) is 12.8 Å². The molecule has 0 heterocycles. The molecule has 0 aliphatic carbocycles. The van der Waals surface area contributed by atoms with E-state index in [2.05, 4.69) is 13.8 Å². The van der Waals surface area contributed by atoms with Crippen LogP contribution in [0.5, 0.6) is 0 Å². The van der Waals surface area contributed by atoms with Crippen molar-refractivity contribution in [1.82, 2.24) is 0 Å². The van der Waals surface area contributed by atoms with E-state index in [9.17, 15) is 4.57 Å². The molecule has 0 aromatic carbocycles. The van der Waals surface area contributed by atoms with Gasteiger partial charge in [0.1, 0.15) is 0 Å². The average Bonchev–Trinajstić information content (AvgIpc) is 2.27. The van der Waals surface area contributed by atoms with Crippen LogP contribution in [0, 0.1) is 5.92 Å². The quantitative estimate of drug-likeness (QED) is 0.493. The molecule has 0 aliphatic heterocycles. The fourth-order valence-corrected chi connectivity index (χ4v) is 3.29. The summed E-state index contributed by atoms with van der Waals surface area (Å²) in [6, 6.07) is 0. The maximum absolute atomic E-state index is 12.5. The number of hydrogen-bond acceptors (Lipinski definition) is 4. The average molecular weight is 294 g/mol. The SMILES string of the molecule is CCCCC(CC)COP(=O)(OC(C)C)OC(C)C. The highest BCUT2D eigenvalue weighted by Crippen LogP contribution is 2.52. The van der Waals surface area contributed by atoms with Crippen LogP contribution >= 0.6 is 7.82 Å². The Bertz CT molecular complexity index is 252. The fourth-order valence-electron chi connectivity index (χ4n) is 1.70. The van der Waals surface area contributed by atoms with Gasteiger partial charge in [0.2, 0.25) is 0 Å². The molecule has 4 nitrogen and oxygen atoms in total. The number of rotatable bonds is 11. The smallest absolute Gasteiger partial charge is 0.287 e. The molecule has 1 atom stereocenters. The zero-order chi connectivity index (χ0) is 14.9. The van der Waals surface area contributed by atoms with Gasteiger partial charge in [0.15, 0.2) is 0 Å². The molecule has 0 radical (unpaired) electrons. The summed E-state index contributed by atoms with van der Waals surface area (Å²) in [6.45, 7) is 12.0. The molecule has 5 heteroatoms. The van der Waals surface area contributed by atoms with Crippen LogP contribution < -0.4 is 0 Å². The number of unbranched alkanes of at least 4 members (excludes halogenated alkanes) is 1. The lowest BCUT2D eigenvalue weighted by Gasteiger charge is -2.24. The lowest BCUT2D eigenvalue weighted by molar-refractivity contribution is 0.0619. The molecule has 0 fully saturated rings. The van der Waals surface area contributed by atoms with Crippen LogP contribution in [0.2, 0.25) is 0 Å². The highest BCUT2D eigenvalue weighted by molar-refractivity contribution is 7.48.